The molecule has 0 bridgehead atoms. The van der Waals surface area contributed by atoms with Crippen molar-refractivity contribution in [2.45, 2.75) is 71.3 Å². The highest BCUT2D eigenvalue weighted by molar-refractivity contribution is 7.92. The summed E-state index contributed by atoms with van der Waals surface area (Å²) in [4.78, 5) is 16.1. The summed E-state index contributed by atoms with van der Waals surface area (Å²) in [5, 5.41) is 8.02. The van der Waals surface area contributed by atoms with Crippen LogP contribution in [-0.2, 0) is 26.0 Å². The van der Waals surface area contributed by atoms with Gasteiger partial charge in [0.25, 0.3) is 0 Å². The van der Waals surface area contributed by atoms with E-state index in [0.29, 0.717) is 24.7 Å². The number of carboxylic acids is 1. The SMILES string of the molecule is Cc1ccc(-c2nc(CO[C@@H]3CCC[C@H](CS(=O)(=O)C(C(=O)O)C(C)C)C3)c(C)o2)cc1. The molecule has 1 aromatic carbocycles. The lowest BCUT2D eigenvalue weighted by atomic mass is 9.88. The van der Waals surface area contributed by atoms with Crippen molar-refractivity contribution in [1.29, 1.82) is 0 Å². The van der Waals surface area contributed by atoms with Gasteiger partial charge in [-0.3, -0.25) is 4.79 Å². The predicted molar refractivity (Wildman–Crippen MR) is 122 cm³/mol. The molecule has 0 aliphatic heterocycles. The van der Waals surface area contributed by atoms with Gasteiger partial charge in [0.05, 0.1) is 18.5 Å². The molecule has 1 aromatic heterocycles. The van der Waals surface area contributed by atoms with Crippen molar-refractivity contribution in [2.24, 2.45) is 11.8 Å². The summed E-state index contributed by atoms with van der Waals surface area (Å²) in [6.07, 6.45) is 3.00. The van der Waals surface area contributed by atoms with Gasteiger partial charge in [-0.05, 0) is 57.1 Å². The van der Waals surface area contributed by atoms with Crippen LogP contribution in [0.25, 0.3) is 11.5 Å². The minimum absolute atomic E-state index is 0.0785. The first-order chi connectivity index (χ1) is 15.1. The molecule has 1 unspecified atom stereocenters. The predicted octanol–water partition coefficient (Wildman–Crippen LogP) is 4.56. The molecule has 1 aliphatic carbocycles. The molecule has 1 fully saturated rings. The van der Waals surface area contributed by atoms with Crippen LogP contribution >= 0.6 is 0 Å². The van der Waals surface area contributed by atoms with Crippen LogP contribution in [0.4, 0.5) is 0 Å². The van der Waals surface area contributed by atoms with Crippen molar-refractivity contribution in [3.8, 4) is 11.5 Å². The number of hydrogen-bond acceptors (Lipinski definition) is 6. The van der Waals surface area contributed by atoms with E-state index in [1.807, 2.05) is 38.1 Å². The van der Waals surface area contributed by atoms with E-state index in [-0.39, 0.29) is 17.8 Å². The third-order valence-electron chi connectivity index (χ3n) is 6.09. The first-order valence-electron chi connectivity index (χ1n) is 11.2. The van der Waals surface area contributed by atoms with E-state index in [1.165, 1.54) is 0 Å². The zero-order valence-corrected chi connectivity index (χ0v) is 20.0. The van der Waals surface area contributed by atoms with E-state index in [1.54, 1.807) is 13.8 Å². The average molecular weight is 464 g/mol. The second kappa shape index (κ2) is 10.2. The van der Waals surface area contributed by atoms with Crippen molar-refractivity contribution in [2.75, 3.05) is 5.75 Å². The monoisotopic (exact) mass is 463 g/mol. The van der Waals surface area contributed by atoms with E-state index in [2.05, 4.69) is 4.98 Å². The highest BCUT2D eigenvalue weighted by atomic mass is 32.2. The van der Waals surface area contributed by atoms with Crippen LogP contribution in [0.3, 0.4) is 0 Å². The maximum absolute atomic E-state index is 12.7. The molecule has 1 saturated carbocycles. The quantitative estimate of drug-likeness (QED) is 0.581. The Hall–Kier alpha value is -2.19. The Bertz CT molecular complexity index is 1030. The van der Waals surface area contributed by atoms with Crippen LogP contribution < -0.4 is 0 Å². The van der Waals surface area contributed by atoms with Gasteiger partial charge in [0.1, 0.15) is 11.5 Å². The summed E-state index contributed by atoms with van der Waals surface area (Å²) >= 11 is 0. The number of hydrogen-bond donors (Lipinski definition) is 1. The molecule has 0 radical (unpaired) electrons. The van der Waals surface area contributed by atoms with Gasteiger partial charge >= 0.3 is 5.97 Å². The lowest BCUT2D eigenvalue weighted by Gasteiger charge is -2.30. The molecule has 0 amide bonds. The standard InChI is InChI=1S/C24H33NO6S/c1-15(2)22(24(26)27)32(28,29)14-18-6-5-7-20(12-18)30-13-21-17(4)31-23(25-21)19-10-8-16(3)9-11-19/h8-11,15,18,20,22H,5-7,12-14H2,1-4H3,(H,26,27)/t18-,20+,22?/m0/s1. The molecule has 32 heavy (non-hydrogen) atoms. The number of ether oxygens (including phenoxy) is 1. The molecule has 3 atom stereocenters. The number of rotatable bonds is 9. The van der Waals surface area contributed by atoms with Crippen molar-refractivity contribution >= 4 is 15.8 Å². The maximum Gasteiger partial charge on any atom is 0.322 e. The van der Waals surface area contributed by atoms with E-state index in [4.69, 9.17) is 9.15 Å². The number of aromatic nitrogens is 1. The van der Waals surface area contributed by atoms with Gasteiger partial charge in [0.15, 0.2) is 15.1 Å². The minimum Gasteiger partial charge on any atom is -0.480 e. The summed E-state index contributed by atoms with van der Waals surface area (Å²) in [5.41, 5.74) is 2.81. The lowest BCUT2D eigenvalue weighted by molar-refractivity contribution is -0.137. The van der Waals surface area contributed by atoms with E-state index in [0.717, 1.165) is 36.1 Å². The number of benzene rings is 1. The molecule has 0 saturated heterocycles. The van der Waals surface area contributed by atoms with Gasteiger partial charge in [-0.2, -0.15) is 0 Å². The number of aliphatic carboxylic acids is 1. The van der Waals surface area contributed by atoms with E-state index in [9.17, 15) is 18.3 Å². The topological polar surface area (TPSA) is 107 Å². The molecule has 8 heteroatoms. The molecule has 2 aromatic rings. The van der Waals surface area contributed by atoms with Gasteiger partial charge in [-0.25, -0.2) is 13.4 Å². The second-order valence-electron chi connectivity index (χ2n) is 9.19. The van der Waals surface area contributed by atoms with Crippen molar-refractivity contribution in [3.05, 3.63) is 41.3 Å². The fourth-order valence-corrected chi connectivity index (χ4v) is 6.71. The van der Waals surface area contributed by atoms with E-state index < -0.39 is 27.0 Å². The summed E-state index contributed by atoms with van der Waals surface area (Å²) < 4.78 is 37.4. The molecule has 7 nitrogen and oxygen atoms in total. The fourth-order valence-electron chi connectivity index (χ4n) is 4.41. The van der Waals surface area contributed by atoms with Crippen LogP contribution in [0.2, 0.25) is 0 Å². The van der Waals surface area contributed by atoms with E-state index >= 15 is 0 Å². The summed E-state index contributed by atoms with van der Waals surface area (Å²) in [7, 11) is -3.73. The van der Waals surface area contributed by atoms with Crippen LogP contribution in [-0.4, -0.2) is 41.6 Å². The lowest BCUT2D eigenvalue weighted by Crippen LogP contribution is -2.39. The summed E-state index contributed by atoms with van der Waals surface area (Å²) in [6.45, 7) is 7.45. The molecule has 3 rings (SSSR count). The molecule has 0 spiro atoms. The van der Waals surface area contributed by atoms with Crippen molar-refractivity contribution in [1.82, 2.24) is 4.98 Å². The third kappa shape index (κ3) is 5.98. The molecule has 176 valence electrons. The third-order valence-corrected chi connectivity index (χ3v) is 8.54. The molecule has 1 aliphatic rings. The maximum atomic E-state index is 12.7. The number of carboxylic acid groups (broad SMARTS) is 1. The second-order valence-corrected chi connectivity index (χ2v) is 11.4. The molecule has 1 N–H and O–H groups in total. The van der Waals surface area contributed by atoms with Gasteiger partial charge in [0.2, 0.25) is 5.89 Å². The highest BCUT2D eigenvalue weighted by Crippen LogP contribution is 2.30. The zero-order valence-electron chi connectivity index (χ0n) is 19.2. The fraction of sp³-hybridized carbons (Fsp3) is 0.583. The van der Waals surface area contributed by atoms with Crippen molar-refractivity contribution in [3.63, 3.8) is 0 Å². The largest absolute Gasteiger partial charge is 0.480 e. The number of carbonyl (C=O) groups is 1. The van der Waals surface area contributed by atoms with Crippen LogP contribution in [0.5, 0.6) is 0 Å². The first-order valence-corrected chi connectivity index (χ1v) is 12.9. The Morgan fingerprint density at radius 3 is 2.53 bits per heavy atom. The van der Waals surface area contributed by atoms with Gasteiger partial charge in [0, 0.05) is 5.56 Å². The summed E-state index contributed by atoms with van der Waals surface area (Å²) in [6, 6.07) is 7.96. The number of aryl methyl sites for hydroxylation is 2. The van der Waals surface area contributed by atoms with Crippen LogP contribution in [0.15, 0.2) is 28.7 Å². The number of nitrogens with zero attached hydrogens (tertiary/aromatic N) is 1. The Kier molecular flexibility index (Phi) is 7.77. The number of oxazole rings is 1. The normalized spacial score (nSPS) is 20.4. The first kappa shape index (κ1) is 24.5. The van der Waals surface area contributed by atoms with Gasteiger partial charge < -0.3 is 14.3 Å². The Balaban J connectivity index is 1.60. The minimum atomic E-state index is -3.73. The zero-order chi connectivity index (χ0) is 23.5. The highest BCUT2D eigenvalue weighted by Gasteiger charge is 2.38. The smallest absolute Gasteiger partial charge is 0.322 e. The van der Waals surface area contributed by atoms with Gasteiger partial charge in [-0.15, -0.1) is 0 Å². The summed E-state index contributed by atoms with van der Waals surface area (Å²) in [5.74, 6) is -0.678. The Morgan fingerprint density at radius 2 is 1.91 bits per heavy atom. The molecular formula is C24H33NO6S. The number of sulfone groups is 1. The van der Waals surface area contributed by atoms with Gasteiger partial charge in [-0.1, -0.05) is 38.0 Å². The van der Waals surface area contributed by atoms with Crippen LogP contribution in [0, 0.1) is 25.7 Å². The molecular weight excluding hydrogens is 430 g/mol. The molecule has 1 heterocycles. The Morgan fingerprint density at radius 1 is 1.22 bits per heavy atom. The van der Waals surface area contributed by atoms with Crippen LogP contribution in [0.1, 0.15) is 56.5 Å². The van der Waals surface area contributed by atoms with Crippen molar-refractivity contribution < 1.29 is 27.5 Å². The Labute approximate surface area is 190 Å². The average Bonchev–Trinajstić information content (AvgIpc) is 3.06.